The Morgan fingerprint density at radius 2 is 2.06 bits per heavy atom. The van der Waals surface area contributed by atoms with Crippen molar-refractivity contribution in [2.45, 2.75) is 38.3 Å². The summed E-state index contributed by atoms with van der Waals surface area (Å²) in [5.41, 5.74) is 0. The summed E-state index contributed by atoms with van der Waals surface area (Å²) in [4.78, 5) is 27.5. The zero-order valence-electron chi connectivity index (χ0n) is 9.86. The number of amidine groups is 1. The minimum Gasteiger partial charge on any atom is -0.390 e. The molecule has 0 amide bonds. The van der Waals surface area contributed by atoms with Crippen molar-refractivity contribution >= 4 is 17.8 Å². The first-order valence-electron chi connectivity index (χ1n) is 5.93. The minimum absolute atomic E-state index is 0.322. The molecule has 0 bridgehead atoms. The van der Waals surface area contributed by atoms with Crippen LogP contribution in [0.4, 0.5) is 0 Å². The molecule has 0 aromatic carbocycles. The lowest BCUT2D eigenvalue weighted by atomic mass is 10.2. The Labute approximate surface area is 99.8 Å². The summed E-state index contributed by atoms with van der Waals surface area (Å²) in [6.07, 6.45) is 2.26. The fourth-order valence-electron chi connectivity index (χ4n) is 2.04. The second-order valence-electron chi connectivity index (χ2n) is 4.34. The molecule has 1 saturated heterocycles. The molecule has 0 aromatic rings. The maximum absolute atomic E-state index is 11.7. The molecule has 1 fully saturated rings. The third kappa shape index (κ3) is 3.03. The van der Waals surface area contributed by atoms with E-state index < -0.39 is 18.0 Å². The molecule has 2 aliphatic rings. The van der Waals surface area contributed by atoms with E-state index in [9.17, 15) is 9.59 Å². The summed E-state index contributed by atoms with van der Waals surface area (Å²) in [5, 5.41) is 5.92. The van der Waals surface area contributed by atoms with Crippen molar-refractivity contribution in [2.75, 3.05) is 13.1 Å². The van der Waals surface area contributed by atoms with E-state index in [0.29, 0.717) is 18.8 Å². The summed E-state index contributed by atoms with van der Waals surface area (Å²) in [5.74, 6) is -0.253. The Bertz CT molecular complexity index is 348. The van der Waals surface area contributed by atoms with Crippen LogP contribution in [0.5, 0.6) is 0 Å². The molecule has 17 heavy (non-hydrogen) atoms. The van der Waals surface area contributed by atoms with Crippen LogP contribution in [0.3, 0.4) is 0 Å². The molecule has 6 heteroatoms. The largest absolute Gasteiger partial charge is 0.390 e. The molecule has 0 saturated carbocycles. The number of nitrogens with zero attached hydrogens (tertiary/aromatic N) is 1. The Morgan fingerprint density at radius 1 is 1.29 bits per heavy atom. The second-order valence-corrected chi connectivity index (χ2v) is 4.34. The number of rotatable bonds is 2. The van der Waals surface area contributed by atoms with E-state index in [2.05, 4.69) is 15.6 Å². The SMILES string of the molecule is CC1=NCCC(C(=O)OC(=O)[C@@H]2CCCN2)N1. The highest BCUT2D eigenvalue weighted by molar-refractivity contribution is 5.94. The van der Waals surface area contributed by atoms with Gasteiger partial charge >= 0.3 is 11.9 Å². The molecule has 2 atom stereocenters. The van der Waals surface area contributed by atoms with Gasteiger partial charge in [0.1, 0.15) is 12.1 Å². The van der Waals surface area contributed by atoms with Gasteiger partial charge in [0, 0.05) is 6.54 Å². The number of hydrogen-bond donors (Lipinski definition) is 2. The number of nitrogens with one attached hydrogen (secondary N) is 2. The van der Waals surface area contributed by atoms with E-state index in [-0.39, 0.29) is 6.04 Å². The Kier molecular flexibility index (Phi) is 3.73. The van der Waals surface area contributed by atoms with Gasteiger partial charge in [-0.15, -0.1) is 0 Å². The van der Waals surface area contributed by atoms with E-state index in [1.165, 1.54) is 0 Å². The van der Waals surface area contributed by atoms with Crippen molar-refractivity contribution in [3.63, 3.8) is 0 Å². The molecule has 2 aliphatic heterocycles. The van der Waals surface area contributed by atoms with Gasteiger partial charge in [-0.05, 0) is 32.7 Å². The summed E-state index contributed by atoms with van der Waals surface area (Å²) in [6, 6.07) is -0.768. The van der Waals surface area contributed by atoms with Crippen LogP contribution in [0.2, 0.25) is 0 Å². The average Bonchev–Trinajstić information content (AvgIpc) is 2.82. The van der Waals surface area contributed by atoms with Crippen molar-refractivity contribution in [3.05, 3.63) is 0 Å². The number of hydrogen-bond acceptors (Lipinski definition) is 6. The first-order chi connectivity index (χ1) is 8.16. The topological polar surface area (TPSA) is 79.8 Å². The molecule has 94 valence electrons. The van der Waals surface area contributed by atoms with E-state index >= 15 is 0 Å². The normalized spacial score (nSPS) is 28.2. The van der Waals surface area contributed by atoms with E-state index in [0.717, 1.165) is 19.4 Å². The lowest BCUT2D eigenvalue weighted by molar-refractivity contribution is -0.162. The number of esters is 2. The summed E-state index contributed by atoms with van der Waals surface area (Å²) < 4.78 is 4.86. The molecule has 0 spiro atoms. The fourth-order valence-corrected chi connectivity index (χ4v) is 2.04. The van der Waals surface area contributed by atoms with Gasteiger partial charge in [0.15, 0.2) is 0 Å². The van der Waals surface area contributed by atoms with Crippen LogP contribution in [-0.4, -0.2) is 42.9 Å². The van der Waals surface area contributed by atoms with Crippen LogP contribution in [0, 0.1) is 0 Å². The summed E-state index contributed by atoms with van der Waals surface area (Å²) in [6.45, 7) is 3.19. The quantitative estimate of drug-likeness (QED) is 0.506. The van der Waals surface area contributed by atoms with Gasteiger partial charge in [0.05, 0.1) is 5.84 Å². The average molecular weight is 239 g/mol. The van der Waals surface area contributed by atoms with Crippen LogP contribution in [0.25, 0.3) is 0 Å². The third-order valence-electron chi connectivity index (χ3n) is 2.98. The van der Waals surface area contributed by atoms with Crippen molar-refractivity contribution in [1.29, 1.82) is 0 Å². The van der Waals surface area contributed by atoms with E-state index in [1.807, 2.05) is 0 Å². The van der Waals surface area contributed by atoms with Gasteiger partial charge in [-0.1, -0.05) is 0 Å². The monoisotopic (exact) mass is 239 g/mol. The molecule has 6 nitrogen and oxygen atoms in total. The molecular formula is C11H17N3O3. The van der Waals surface area contributed by atoms with Crippen molar-refractivity contribution < 1.29 is 14.3 Å². The molecule has 0 radical (unpaired) electrons. The smallest absolute Gasteiger partial charge is 0.336 e. The van der Waals surface area contributed by atoms with E-state index in [4.69, 9.17) is 4.74 Å². The van der Waals surface area contributed by atoms with Gasteiger partial charge in [-0.25, -0.2) is 9.59 Å². The van der Waals surface area contributed by atoms with Gasteiger partial charge in [-0.2, -0.15) is 0 Å². The van der Waals surface area contributed by atoms with Crippen LogP contribution in [-0.2, 0) is 14.3 Å². The number of carbonyl (C=O) groups is 2. The minimum atomic E-state index is -0.502. The van der Waals surface area contributed by atoms with Crippen LogP contribution < -0.4 is 10.6 Å². The van der Waals surface area contributed by atoms with Crippen LogP contribution in [0.15, 0.2) is 4.99 Å². The maximum Gasteiger partial charge on any atom is 0.336 e. The number of carbonyl (C=O) groups excluding carboxylic acids is 2. The highest BCUT2D eigenvalue weighted by Crippen LogP contribution is 2.08. The maximum atomic E-state index is 11.7. The molecule has 0 aliphatic carbocycles. The molecule has 2 heterocycles. The van der Waals surface area contributed by atoms with Crippen molar-refractivity contribution in [2.24, 2.45) is 4.99 Å². The standard InChI is InChI=1S/C11H17N3O3/c1-7-12-6-4-9(14-7)11(16)17-10(15)8-3-2-5-13-8/h8-9,13H,2-6H2,1H3,(H,12,14)/t8-,9?/m0/s1. The lowest BCUT2D eigenvalue weighted by Gasteiger charge is -2.21. The first-order valence-corrected chi connectivity index (χ1v) is 5.93. The number of aliphatic imine (C=N–C) groups is 1. The van der Waals surface area contributed by atoms with Crippen LogP contribution >= 0.6 is 0 Å². The predicted molar refractivity (Wildman–Crippen MR) is 61.6 cm³/mol. The predicted octanol–water partition coefficient (Wildman–Crippen LogP) is -0.411. The Morgan fingerprint density at radius 3 is 2.71 bits per heavy atom. The summed E-state index contributed by atoms with van der Waals surface area (Å²) >= 11 is 0. The van der Waals surface area contributed by atoms with Gasteiger partial charge in [-0.3, -0.25) is 4.99 Å². The highest BCUT2D eigenvalue weighted by Gasteiger charge is 2.29. The highest BCUT2D eigenvalue weighted by atomic mass is 16.6. The van der Waals surface area contributed by atoms with E-state index in [1.54, 1.807) is 6.92 Å². The summed E-state index contributed by atoms with van der Waals surface area (Å²) in [7, 11) is 0. The van der Waals surface area contributed by atoms with Gasteiger partial charge in [0.2, 0.25) is 0 Å². The molecule has 0 aromatic heterocycles. The zero-order chi connectivity index (χ0) is 12.3. The fraction of sp³-hybridized carbons (Fsp3) is 0.727. The first kappa shape index (κ1) is 12.0. The zero-order valence-corrected chi connectivity index (χ0v) is 9.86. The lowest BCUT2D eigenvalue weighted by Crippen LogP contribution is -2.46. The molecule has 1 unspecified atom stereocenters. The molecular weight excluding hydrogens is 222 g/mol. The molecule has 2 N–H and O–H groups in total. The Balaban J connectivity index is 1.84. The third-order valence-corrected chi connectivity index (χ3v) is 2.98. The second kappa shape index (κ2) is 5.27. The Hall–Kier alpha value is -1.43. The van der Waals surface area contributed by atoms with Gasteiger partial charge in [0.25, 0.3) is 0 Å². The van der Waals surface area contributed by atoms with Crippen molar-refractivity contribution in [1.82, 2.24) is 10.6 Å². The van der Waals surface area contributed by atoms with Crippen LogP contribution in [0.1, 0.15) is 26.2 Å². The number of ether oxygens (including phenoxy) is 1. The van der Waals surface area contributed by atoms with Crippen molar-refractivity contribution in [3.8, 4) is 0 Å². The molecule has 2 rings (SSSR count). The van der Waals surface area contributed by atoms with Gasteiger partial charge < -0.3 is 15.4 Å².